The first kappa shape index (κ1) is 21.2. The monoisotopic (exact) mass is 401 g/mol. The van der Waals surface area contributed by atoms with Gasteiger partial charge in [-0.2, -0.15) is 0 Å². The first-order valence-corrected chi connectivity index (χ1v) is 9.87. The maximum absolute atomic E-state index is 12.3. The van der Waals surface area contributed by atoms with Crippen LogP contribution in [0.25, 0.3) is 6.08 Å². The van der Waals surface area contributed by atoms with E-state index < -0.39 is 0 Å². The number of amides is 1. The van der Waals surface area contributed by atoms with Crippen LogP contribution in [0.15, 0.2) is 66.7 Å². The molecule has 0 saturated carbocycles. The minimum absolute atomic E-state index is 0.182. The van der Waals surface area contributed by atoms with Crippen LogP contribution in [-0.2, 0) is 11.4 Å². The maximum Gasteiger partial charge on any atom is 0.248 e. The summed E-state index contributed by atoms with van der Waals surface area (Å²) in [7, 11) is 1.61. The molecule has 154 valence electrons. The topological polar surface area (TPSA) is 47.6 Å². The van der Waals surface area contributed by atoms with E-state index >= 15 is 0 Å². The zero-order valence-corrected chi connectivity index (χ0v) is 17.9. The molecule has 0 saturated heterocycles. The summed E-state index contributed by atoms with van der Waals surface area (Å²) >= 11 is 0. The lowest BCUT2D eigenvalue weighted by atomic mass is 10.1. The molecular weight excluding hydrogens is 374 g/mol. The molecule has 3 aromatic rings. The maximum atomic E-state index is 12.3. The number of aryl methyl sites for hydroxylation is 3. The van der Waals surface area contributed by atoms with Gasteiger partial charge in [0.25, 0.3) is 0 Å². The SMILES string of the molecule is COc1cc(/C=C/C(=O)Nc2cc(C)cc(C)c2)ccc1OCc1ccccc1C. The number of rotatable bonds is 7. The average molecular weight is 402 g/mol. The summed E-state index contributed by atoms with van der Waals surface area (Å²) in [5.41, 5.74) is 6.18. The molecule has 1 N–H and O–H groups in total. The van der Waals surface area contributed by atoms with Gasteiger partial charge in [0.2, 0.25) is 5.91 Å². The molecule has 1 amide bonds. The summed E-state index contributed by atoms with van der Waals surface area (Å²) in [6.45, 7) is 6.55. The fourth-order valence-corrected chi connectivity index (χ4v) is 3.24. The number of anilines is 1. The van der Waals surface area contributed by atoms with Crippen LogP contribution >= 0.6 is 0 Å². The molecule has 0 aliphatic carbocycles. The highest BCUT2D eigenvalue weighted by molar-refractivity contribution is 6.02. The van der Waals surface area contributed by atoms with E-state index in [1.807, 2.05) is 62.4 Å². The Kier molecular flexibility index (Phi) is 6.91. The molecule has 0 aliphatic heterocycles. The Balaban J connectivity index is 1.66. The lowest BCUT2D eigenvalue weighted by molar-refractivity contribution is -0.111. The highest BCUT2D eigenvalue weighted by Gasteiger charge is 2.07. The number of carbonyl (C=O) groups is 1. The number of benzene rings is 3. The lowest BCUT2D eigenvalue weighted by Gasteiger charge is -2.12. The normalized spacial score (nSPS) is 10.8. The van der Waals surface area contributed by atoms with Crippen molar-refractivity contribution < 1.29 is 14.3 Å². The highest BCUT2D eigenvalue weighted by Crippen LogP contribution is 2.29. The predicted octanol–water partition coefficient (Wildman–Crippen LogP) is 5.85. The quantitative estimate of drug-likeness (QED) is 0.505. The Morgan fingerprint density at radius 1 is 0.933 bits per heavy atom. The van der Waals surface area contributed by atoms with Crippen LogP contribution in [0.4, 0.5) is 5.69 Å². The molecule has 30 heavy (non-hydrogen) atoms. The van der Waals surface area contributed by atoms with Gasteiger partial charge in [-0.25, -0.2) is 0 Å². The van der Waals surface area contributed by atoms with Gasteiger partial charge in [-0.15, -0.1) is 0 Å². The third-order valence-electron chi connectivity index (χ3n) is 4.75. The van der Waals surface area contributed by atoms with Gasteiger partial charge in [0, 0.05) is 11.8 Å². The summed E-state index contributed by atoms with van der Waals surface area (Å²) in [6, 6.07) is 19.7. The van der Waals surface area contributed by atoms with Crippen LogP contribution in [0.3, 0.4) is 0 Å². The van der Waals surface area contributed by atoms with Gasteiger partial charge in [-0.05, 0) is 78.9 Å². The molecule has 0 unspecified atom stereocenters. The van der Waals surface area contributed by atoms with E-state index in [1.54, 1.807) is 13.2 Å². The molecule has 0 spiro atoms. The molecule has 0 heterocycles. The van der Waals surface area contributed by atoms with Gasteiger partial charge in [0.1, 0.15) is 6.61 Å². The van der Waals surface area contributed by atoms with Gasteiger partial charge >= 0.3 is 0 Å². The van der Waals surface area contributed by atoms with Crippen molar-refractivity contribution in [2.75, 3.05) is 12.4 Å². The van der Waals surface area contributed by atoms with Crippen molar-refractivity contribution in [3.8, 4) is 11.5 Å². The van der Waals surface area contributed by atoms with Crippen LogP contribution in [0, 0.1) is 20.8 Å². The first-order valence-electron chi connectivity index (χ1n) is 9.87. The Morgan fingerprint density at radius 2 is 1.67 bits per heavy atom. The van der Waals surface area contributed by atoms with Gasteiger partial charge in [-0.3, -0.25) is 4.79 Å². The first-order chi connectivity index (χ1) is 14.4. The number of carbonyl (C=O) groups excluding carboxylic acids is 1. The van der Waals surface area contributed by atoms with Crippen molar-refractivity contribution in [2.45, 2.75) is 27.4 Å². The fourth-order valence-electron chi connectivity index (χ4n) is 3.24. The second kappa shape index (κ2) is 9.79. The fraction of sp³-hybridized carbons (Fsp3) is 0.192. The Labute approximate surface area is 178 Å². The number of nitrogens with one attached hydrogen (secondary N) is 1. The second-order valence-electron chi connectivity index (χ2n) is 7.32. The molecule has 0 radical (unpaired) electrons. The highest BCUT2D eigenvalue weighted by atomic mass is 16.5. The van der Waals surface area contributed by atoms with Crippen LogP contribution in [0.1, 0.15) is 27.8 Å². The summed E-state index contributed by atoms with van der Waals surface area (Å²) in [6.07, 6.45) is 3.27. The molecule has 0 fully saturated rings. The second-order valence-corrected chi connectivity index (χ2v) is 7.32. The Morgan fingerprint density at radius 3 is 2.37 bits per heavy atom. The van der Waals surface area contributed by atoms with E-state index in [4.69, 9.17) is 9.47 Å². The van der Waals surface area contributed by atoms with Crippen molar-refractivity contribution in [3.05, 3.63) is 94.6 Å². The molecule has 0 aromatic heterocycles. The van der Waals surface area contributed by atoms with Crippen LogP contribution in [0.2, 0.25) is 0 Å². The minimum atomic E-state index is -0.182. The number of hydrogen-bond acceptors (Lipinski definition) is 3. The summed E-state index contributed by atoms with van der Waals surface area (Å²) in [5, 5.41) is 2.90. The summed E-state index contributed by atoms with van der Waals surface area (Å²) in [4.78, 5) is 12.3. The van der Waals surface area contributed by atoms with Crippen molar-refractivity contribution in [1.29, 1.82) is 0 Å². The van der Waals surface area contributed by atoms with Gasteiger partial charge in [-0.1, -0.05) is 36.4 Å². The number of hydrogen-bond donors (Lipinski definition) is 1. The number of ether oxygens (including phenoxy) is 2. The van der Waals surface area contributed by atoms with Crippen molar-refractivity contribution in [1.82, 2.24) is 0 Å². The van der Waals surface area contributed by atoms with Crippen molar-refractivity contribution in [2.24, 2.45) is 0 Å². The summed E-state index contributed by atoms with van der Waals surface area (Å²) in [5.74, 6) is 1.11. The van der Waals surface area contributed by atoms with E-state index in [0.717, 1.165) is 27.9 Å². The third kappa shape index (κ3) is 5.74. The van der Waals surface area contributed by atoms with E-state index in [1.165, 1.54) is 11.6 Å². The molecular formula is C26H27NO3. The standard InChI is InChI=1S/C26H27NO3/c1-18-13-19(2)15-23(14-18)27-26(28)12-10-21-9-11-24(25(16-21)29-4)30-17-22-8-6-5-7-20(22)3/h5-16H,17H2,1-4H3,(H,27,28)/b12-10+. The predicted molar refractivity (Wildman–Crippen MR) is 122 cm³/mol. The lowest BCUT2D eigenvalue weighted by Crippen LogP contribution is -2.08. The number of methoxy groups -OCH3 is 1. The van der Waals surface area contributed by atoms with Crippen LogP contribution in [0.5, 0.6) is 11.5 Å². The third-order valence-corrected chi connectivity index (χ3v) is 4.75. The molecule has 3 aromatic carbocycles. The average Bonchev–Trinajstić information content (AvgIpc) is 2.71. The van der Waals surface area contributed by atoms with Crippen LogP contribution in [-0.4, -0.2) is 13.0 Å². The molecule has 4 heteroatoms. The zero-order valence-electron chi connectivity index (χ0n) is 17.9. The molecule has 4 nitrogen and oxygen atoms in total. The van der Waals surface area contributed by atoms with E-state index in [0.29, 0.717) is 18.1 Å². The van der Waals surface area contributed by atoms with E-state index in [-0.39, 0.29) is 5.91 Å². The van der Waals surface area contributed by atoms with E-state index in [9.17, 15) is 4.79 Å². The Bertz CT molecular complexity index is 1050. The molecule has 0 aliphatic rings. The largest absolute Gasteiger partial charge is 0.493 e. The van der Waals surface area contributed by atoms with E-state index in [2.05, 4.69) is 24.4 Å². The molecule has 0 bridgehead atoms. The van der Waals surface area contributed by atoms with Crippen molar-refractivity contribution >= 4 is 17.7 Å². The van der Waals surface area contributed by atoms with Gasteiger partial charge in [0.15, 0.2) is 11.5 Å². The Hall–Kier alpha value is -3.53. The van der Waals surface area contributed by atoms with Crippen LogP contribution < -0.4 is 14.8 Å². The minimum Gasteiger partial charge on any atom is -0.493 e. The molecule has 3 rings (SSSR count). The van der Waals surface area contributed by atoms with Gasteiger partial charge in [0.05, 0.1) is 7.11 Å². The zero-order chi connectivity index (χ0) is 21.5. The van der Waals surface area contributed by atoms with Gasteiger partial charge < -0.3 is 14.8 Å². The smallest absolute Gasteiger partial charge is 0.248 e. The summed E-state index contributed by atoms with van der Waals surface area (Å²) < 4.78 is 11.4. The molecule has 0 atom stereocenters. The van der Waals surface area contributed by atoms with Crippen molar-refractivity contribution in [3.63, 3.8) is 0 Å².